The summed E-state index contributed by atoms with van der Waals surface area (Å²) in [4.78, 5) is 18.7. The van der Waals surface area contributed by atoms with Gasteiger partial charge in [-0.25, -0.2) is 8.42 Å². The van der Waals surface area contributed by atoms with Crippen LogP contribution in [0.1, 0.15) is 45.3 Å². The molecule has 2 aromatic rings. The molecule has 1 fully saturated rings. The lowest BCUT2D eigenvalue weighted by Gasteiger charge is -2.34. The second-order valence-corrected chi connectivity index (χ2v) is 11.2. The predicted octanol–water partition coefficient (Wildman–Crippen LogP) is 3.53. The first kappa shape index (κ1) is 24.0. The largest absolute Gasteiger partial charge is 0.340 e. The van der Waals surface area contributed by atoms with E-state index >= 15 is 0 Å². The molecule has 0 spiro atoms. The molecule has 0 saturated carbocycles. The number of carbonyl (C=O) groups excluding carboxylic acids is 1. The van der Waals surface area contributed by atoms with Gasteiger partial charge in [0.2, 0.25) is 21.8 Å². The molecule has 1 saturated heterocycles. The zero-order chi connectivity index (χ0) is 22.8. The van der Waals surface area contributed by atoms with Crippen LogP contribution in [-0.2, 0) is 26.7 Å². The highest BCUT2D eigenvalue weighted by molar-refractivity contribution is 7.89. The van der Waals surface area contributed by atoms with Crippen molar-refractivity contribution in [2.24, 2.45) is 0 Å². The third-order valence-corrected chi connectivity index (χ3v) is 7.67. The average molecular weight is 489 g/mol. The summed E-state index contributed by atoms with van der Waals surface area (Å²) in [7, 11) is -3.69. The number of aryl methyl sites for hydroxylation is 1. The van der Waals surface area contributed by atoms with Crippen LogP contribution in [0.25, 0.3) is 0 Å². The Bertz CT molecular complexity index is 1040. The molecule has 2 heterocycles. The van der Waals surface area contributed by atoms with Gasteiger partial charge in [-0.15, -0.1) is 0 Å². The number of sulfonamides is 1. The molecule has 0 atom stereocenters. The number of piperazine rings is 1. The van der Waals surface area contributed by atoms with E-state index in [4.69, 9.17) is 27.7 Å². The molecular formula is C20H26Cl2N4O4S. The Hall–Kier alpha value is -1.68. The average Bonchev–Trinajstić information content (AvgIpc) is 3.19. The highest BCUT2D eigenvalue weighted by atomic mass is 35.5. The van der Waals surface area contributed by atoms with Crippen molar-refractivity contribution in [2.45, 2.75) is 50.3 Å². The summed E-state index contributed by atoms with van der Waals surface area (Å²) in [5.74, 6) is 1.16. The summed E-state index contributed by atoms with van der Waals surface area (Å²) >= 11 is 11.8. The van der Waals surface area contributed by atoms with E-state index in [1.54, 1.807) is 4.90 Å². The van der Waals surface area contributed by atoms with Gasteiger partial charge in [0.1, 0.15) is 0 Å². The van der Waals surface area contributed by atoms with Crippen molar-refractivity contribution in [2.75, 3.05) is 26.2 Å². The Labute approximate surface area is 192 Å². The van der Waals surface area contributed by atoms with E-state index in [2.05, 4.69) is 10.1 Å². The van der Waals surface area contributed by atoms with Gasteiger partial charge >= 0.3 is 0 Å². The second kappa shape index (κ2) is 9.44. The lowest BCUT2D eigenvalue weighted by molar-refractivity contribution is -0.132. The minimum absolute atomic E-state index is 0.0119. The van der Waals surface area contributed by atoms with Crippen molar-refractivity contribution >= 4 is 39.1 Å². The fourth-order valence-electron chi connectivity index (χ4n) is 3.17. The molecule has 170 valence electrons. The lowest BCUT2D eigenvalue weighted by Crippen LogP contribution is -2.50. The van der Waals surface area contributed by atoms with E-state index in [9.17, 15) is 13.2 Å². The zero-order valence-corrected chi connectivity index (χ0v) is 20.1. The van der Waals surface area contributed by atoms with E-state index < -0.39 is 10.0 Å². The van der Waals surface area contributed by atoms with E-state index in [1.807, 2.05) is 20.8 Å². The molecule has 1 amide bonds. The maximum absolute atomic E-state index is 12.8. The SMILES string of the molecule is CC(C)(C)c1noc(CCCC(=O)N2CCN(S(=O)(=O)c3ccc(Cl)c(Cl)c3)CC2)n1. The second-order valence-electron chi connectivity index (χ2n) is 8.48. The summed E-state index contributed by atoms with van der Waals surface area (Å²) in [5, 5.41) is 4.47. The maximum atomic E-state index is 12.8. The first-order valence-electron chi connectivity index (χ1n) is 10.0. The topological polar surface area (TPSA) is 96.6 Å². The molecule has 1 aromatic heterocycles. The molecule has 1 aromatic carbocycles. The fraction of sp³-hybridized carbons (Fsp3) is 0.550. The van der Waals surface area contributed by atoms with Crippen molar-refractivity contribution in [1.29, 1.82) is 0 Å². The monoisotopic (exact) mass is 488 g/mol. The van der Waals surface area contributed by atoms with Crippen molar-refractivity contribution in [3.05, 3.63) is 40.0 Å². The highest BCUT2D eigenvalue weighted by Gasteiger charge is 2.30. The number of aromatic nitrogens is 2. The van der Waals surface area contributed by atoms with Crippen LogP contribution in [-0.4, -0.2) is 59.8 Å². The third-order valence-electron chi connectivity index (χ3n) is 5.04. The minimum Gasteiger partial charge on any atom is -0.340 e. The molecule has 3 rings (SSSR count). The van der Waals surface area contributed by atoms with Gasteiger partial charge in [-0.3, -0.25) is 4.79 Å². The molecule has 11 heteroatoms. The predicted molar refractivity (Wildman–Crippen MR) is 118 cm³/mol. The van der Waals surface area contributed by atoms with E-state index in [1.165, 1.54) is 22.5 Å². The Kier molecular flexibility index (Phi) is 7.30. The van der Waals surface area contributed by atoms with Crippen LogP contribution in [0, 0.1) is 0 Å². The van der Waals surface area contributed by atoms with Crippen LogP contribution >= 0.6 is 23.2 Å². The number of hydrogen-bond donors (Lipinski definition) is 0. The molecule has 1 aliphatic rings. The molecule has 0 radical (unpaired) electrons. The van der Waals surface area contributed by atoms with E-state index in [-0.39, 0.29) is 34.3 Å². The summed E-state index contributed by atoms with van der Waals surface area (Å²) in [6.07, 6.45) is 1.46. The van der Waals surface area contributed by atoms with Gasteiger partial charge < -0.3 is 9.42 Å². The van der Waals surface area contributed by atoms with E-state index in [0.29, 0.717) is 49.1 Å². The molecular weight excluding hydrogens is 463 g/mol. The van der Waals surface area contributed by atoms with Crippen LogP contribution in [0.15, 0.2) is 27.6 Å². The molecule has 8 nitrogen and oxygen atoms in total. The Morgan fingerprint density at radius 3 is 2.39 bits per heavy atom. The Morgan fingerprint density at radius 1 is 1.13 bits per heavy atom. The van der Waals surface area contributed by atoms with Gasteiger partial charge in [0.25, 0.3) is 0 Å². The molecule has 0 unspecified atom stereocenters. The number of carbonyl (C=O) groups is 1. The first-order valence-corrected chi connectivity index (χ1v) is 12.2. The van der Waals surface area contributed by atoms with Crippen LogP contribution in [0.5, 0.6) is 0 Å². The van der Waals surface area contributed by atoms with Crippen LogP contribution in [0.3, 0.4) is 0 Å². The van der Waals surface area contributed by atoms with E-state index in [0.717, 1.165) is 0 Å². The summed E-state index contributed by atoms with van der Waals surface area (Å²) in [6.45, 7) is 7.16. The molecule has 1 aliphatic heterocycles. The highest BCUT2D eigenvalue weighted by Crippen LogP contribution is 2.27. The van der Waals surface area contributed by atoms with Gasteiger partial charge in [-0.2, -0.15) is 9.29 Å². The van der Waals surface area contributed by atoms with Crippen molar-refractivity contribution in [3.8, 4) is 0 Å². The van der Waals surface area contributed by atoms with Crippen LogP contribution < -0.4 is 0 Å². The number of halogens is 2. The fourth-order valence-corrected chi connectivity index (χ4v) is 4.99. The Morgan fingerprint density at radius 2 is 1.81 bits per heavy atom. The quantitative estimate of drug-likeness (QED) is 0.616. The maximum Gasteiger partial charge on any atom is 0.243 e. The minimum atomic E-state index is -3.69. The third kappa shape index (κ3) is 5.77. The number of nitrogens with zero attached hydrogens (tertiary/aromatic N) is 4. The van der Waals surface area contributed by atoms with Gasteiger partial charge in [0, 0.05) is 44.4 Å². The number of amides is 1. The van der Waals surface area contributed by atoms with Crippen LogP contribution in [0.4, 0.5) is 0 Å². The lowest BCUT2D eigenvalue weighted by atomic mass is 9.96. The molecule has 31 heavy (non-hydrogen) atoms. The van der Waals surface area contributed by atoms with Crippen molar-refractivity contribution in [3.63, 3.8) is 0 Å². The molecule has 0 aliphatic carbocycles. The summed E-state index contributed by atoms with van der Waals surface area (Å²) in [6, 6.07) is 4.24. The number of rotatable bonds is 6. The van der Waals surface area contributed by atoms with Crippen molar-refractivity contribution < 1.29 is 17.7 Å². The van der Waals surface area contributed by atoms with Crippen molar-refractivity contribution in [1.82, 2.24) is 19.3 Å². The summed E-state index contributed by atoms with van der Waals surface area (Å²) in [5.41, 5.74) is -0.186. The van der Waals surface area contributed by atoms with Crippen LogP contribution in [0.2, 0.25) is 10.0 Å². The number of hydrogen-bond acceptors (Lipinski definition) is 6. The molecule has 0 bridgehead atoms. The van der Waals surface area contributed by atoms with Gasteiger partial charge in [0.05, 0.1) is 14.9 Å². The standard InChI is InChI=1S/C20H26Cl2N4O4S/c1-20(2,3)19-23-17(30-24-19)5-4-6-18(27)25-9-11-26(12-10-25)31(28,29)14-7-8-15(21)16(22)13-14/h7-8,13H,4-6,9-12H2,1-3H3. The zero-order valence-electron chi connectivity index (χ0n) is 17.8. The number of benzene rings is 1. The summed E-state index contributed by atoms with van der Waals surface area (Å²) < 4.78 is 32.3. The normalized spacial score (nSPS) is 16.0. The Balaban J connectivity index is 1.49. The van der Waals surface area contributed by atoms with Gasteiger partial charge in [-0.1, -0.05) is 49.1 Å². The van der Waals surface area contributed by atoms with Gasteiger partial charge in [-0.05, 0) is 24.6 Å². The first-order chi connectivity index (χ1) is 14.5. The molecule has 0 N–H and O–H groups in total. The smallest absolute Gasteiger partial charge is 0.243 e. The van der Waals surface area contributed by atoms with Gasteiger partial charge in [0.15, 0.2) is 5.82 Å².